The second kappa shape index (κ2) is 6.09. The lowest BCUT2D eigenvalue weighted by atomic mass is 10.2. The van der Waals surface area contributed by atoms with Gasteiger partial charge in [-0.05, 0) is 18.1 Å². The Morgan fingerprint density at radius 1 is 1.38 bits per heavy atom. The van der Waals surface area contributed by atoms with Crippen LogP contribution in [-0.4, -0.2) is 12.5 Å². The van der Waals surface area contributed by atoms with E-state index in [9.17, 15) is 4.79 Å². The van der Waals surface area contributed by atoms with Crippen molar-refractivity contribution in [3.05, 3.63) is 33.8 Å². The Hall–Kier alpha value is -0.770. The van der Waals surface area contributed by atoms with E-state index in [4.69, 9.17) is 28.0 Å². The highest BCUT2D eigenvalue weighted by molar-refractivity contribution is 6.39. The molecule has 0 aliphatic carbocycles. The van der Waals surface area contributed by atoms with Crippen molar-refractivity contribution in [1.82, 2.24) is 5.48 Å². The van der Waals surface area contributed by atoms with Crippen LogP contribution in [0.1, 0.15) is 24.2 Å². The van der Waals surface area contributed by atoms with Crippen LogP contribution in [-0.2, 0) is 4.84 Å². The van der Waals surface area contributed by atoms with Crippen molar-refractivity contribution in [3.63, 3.8) is 0 Å². The summed E-state index contributed by atoms with van der Waals surface area (Å²) in [7, 11) is 0. The second-order valence-corrected chi connectivity index (χ2v) is 4.55. The number of carbonyl (C=O) groups is 1. The molecule has 0 spiro atoms. The molecule has 0 saturated carbocycles. The number of carbonyl (C=O) groups excluding carboxylic acids is 1. The van der Waals surface area contributed by atoms with Crippen molar-refractivity contribution in [3.8, 4) is 0 Å². The van der Waals surface area contributed by atoms with Crippen LogP contribution in [0.5, 0.6) is 0 Å². The van der Waals surface area contributed by atoms with E-state index in [0.717, 1.165) is 0 Å². The summed E-state index contributed by atoms with van der Waals surface area (Å²) in [4.78, 5) is 16.7. The first kappa shape index (κ1) is 13.3. The predicted molar refractivity (Wildman–Crippen MR) is 64.7 cm³/mol. The first-order valence-corrected chi connectivity index (χ1v) is 5.64. The van der Waals surface area contributed by atoms with Crippen molar-refractivity contribution in [2.45, 2.75) is 13.8 Å². The van der Waals surface area contributed by atoms with E-state index in [1.165, 1.54) is 0 Å². The predicted octanol–water partition coefficient (Wildman–Crippen LogP) is 3.31. The molecule has 0 aliphatic rings. The third kappa shape index (κ3) is 3.67. The number of benzene rings is 1. The summed E-state index contributed by atoms with van der Waals surface area (Å²) in [6, 6.07) is 4.88. The van der Waals surface area contributed by atoms with Gasteiger partial charge in [-0.25, -0.2) is 5.48 Å². The van der Waals surface area contributed by atoms with Crippen molar-refractivity contribution in [1.29, 1.82) is 0 Å². The van der Waals surface area contributed by atoms with Gasteiger partial charge in [0, 0.05) is 0 Å². The molecule has 0 saturated heterocycles. The molecule has 1 amide bonds. The minimum atomic E-state index is -0.434. The van der Waals surface area contributed by atoms with Gasteiger partial charge >= 0.3 is 0 Å². The zero-order valence-corrected chi connectivity index (χ0v) is 10.6. The van der Waals surface area contributed by atoms with Gasteiger partial charge in [-0.2, -0.15) is 0 Å². The van der Waals surface area contributed by atoms with Gasteiger partial charge in [-0.1, -0.05) is 43.1 Å². The van der Waals surface area contributed by atoms with Crippen molar-refractivity contribution in [2.75, 3.05) is 6.61 Å². The van der Waals surface area contributed by atoms with E-state index in [1.54, 1.807) is 18.2 Å². The molecule has 1 N–H and O–H groups in total. The monoisotopic (exact) mass is 261 g/mol. The molecule has 0 radical (unpaired) electrons. The van der Waals surface area contributed by atoms with Gasteiger partial charge in [0.2, 0.25) is 0 Å². The minimum absolute atomic E-state index is 0.231. The van der Waals surface area contributed by atoms with E-state index in [-0.39, 0.29) is 5.56 Å². The van der Waals surface area contributed by atoms with Crippen molar-refractivity contribution < 1.29 is 9.63 Å². The smallest absolute Gasteiger partial charge is 0.273 e. The van der Waals surface area contributed by atoms with Gasteiger partial charge in [0.1, 0.15) is 0 Å². The van der Waals surface area contributed by atoms with Gasteiger partial charge in [0.05, 0.1) is 22.2 Å². The van der Waals surface area contributed by atoms with Crippen LogP contribution in [0, 0.1) is 5.92 Å². The Morgan fingerprint density at radius 2 is 1.94 bits per heavy atom. The number of halogens is 2. The number of nitrogens with one attached hydrogen (secondary N) is 1. The molecule has 0 heterocycles. The Labute approximate surface area is 105 Å². The lowest BCUT2D eigenvalue weighted by Crippen LogP contribution is -2.26. The maximum absolute atomic E-state index is 11.7. The Kier molecular flexibility index (Phi) is 5.06. The first-order chi connectivity index (χ1) is 7.52. The van der Waals surface area contributed by atoms with Crippen LogP contribution in [0.3, 0.4) is 0 Å². The highest BCUT2D eigenvalue weighted by Gasteiger charge is 2.14. The topological polar surface area (TPSA) is 38.3 Å². The SMILES string of the molecule is CC(C)CONC(=O)c1c(Cl)cccc1Cl. The molecule has 0 atom stereocenters. The third-order valence-electron chi connectivity index (χ3n) is 1.77. The summed E-state index contributed by atoms with van der Waals surface area (Å²) in [5, 5.41) is 0.608. The molecule has 0 unspecified atom stereocenters. The van der Waals surface area contributed by atoms with Gasteiger partial charge in [0.15, 0.2) is 0 Å². The summed E-state index contributed by atoms with van der Waals surface area (Å²) < 4.78 is 0. The summed E-state index contributed by atoms with van der Waals surface area (Å²) in [6.07, 6.45) is 0. The molecule has 5 heteroatoms. The fourth-order valence-corrected chi connectivity index (χ4v) is 1.61. The van der Waals surface area contributed by atoms with Crippen LogP contribution in [0.4, 0.5) is 0 Å². The van der Waals surface area contributed by atoms with Crippen LogP contribution in [0.25, 0.3) is 0 Å². The summed E-state index contributed by atoms with van der Waals surface area (Å²) >= 11 is 11.7. The molecular weight excluding hydrogens is 249 g/mol. The summed E-state index contributed by atoms with van der Waals surface area (Å²) in [6.45, 7) is 4.40. The number of hydrogen-bond acceptors (Lipinski definition) is 2. The molecule has 88 valence electrons. The molecule has 0 fully saturated rings. The van der Waals surface area contributed by atoms with Crippen LogP contribution in [0.2, 0.25) is 10.0 Å². The van der Waals surface area contributed by atoms with E-state index in [1.807, 2.05) is 13.8 Å². The molecule has 1 aromatic carbocycles. The average Bonchev–Trinajstić information content (AvgIpc) is 2.16. The van der Waals surface area contributed by atoms with Crippen LogP contribution < -0.4 is 5.48 Å². The second-order valence-electron chi connectivity index (χ2n) is 3.73. The van der Waals surface area contributed by atoms with Gasteiger partial charge in [-0.15, -0.1) is 0 Å². The molecular formula is C11H13Cl2NO2. The molecule has 3 nitrogen and oxygen atoms in total. The molecule has 0 aromatic heterocycles. The molecule has 1 rings (SSSR count). The maximum Gasteiger partial charge on any atom is 0.277 e. The number of hydrogen-bond donors (Lipinski definition) is 1. The Morgan fingerprint density at radius 3 is 2.44 bits per heavy atom. The molecule has 16 heavy (non-hydrogen) atoms. The zero-order valence-electron chi connectivity index (χ0n) is 9.09. The normalized spacial score (nSPS) is 10.6. The van der Waals surface area contributed by atoms with Crippen LogP contribution in [0.15, 0.2) is 18.2 Å². The lowest BCUT2D eigenvalue weighted by molar-refractivity contribution is 0.0209. The first-order valence-electron chi connectivity index (χ1n) is 4.88. The Balaban J connectivity index is 2.66. The number of rotatable bonds is 4. The van der Waals surface area contributed by atoms with E-state index >= 15 is 0 Å². The lowest BCUT2D eigenvalue weighted by Gasteiger charge is -2.09. The van der Waals surface area contributed by atoms with Gasteiger partial charge < -0.3 is 0 Å². The van der Waals surface area contributed by atoms with Crippen LogP contribution >= 0.6 is 23.2 Å². The van der Waals surface area contributed by atoms with E-state index in [0.29, 0.717) is 22.6 Å². The standard InChI is InChI=1S/C11H13Cl2NO2/c1-7(2)6-16-14-11(15)10-8(12)4-3-5-9(10)13/h3-5,7H,6H2,1-2H3,(H,14,15). The highest BCUT2D eigenvalue weighted by atomic mass is 35.5. The van der Waals surface area contributed by atoms with Crippen molar-refractivity contribution in [2.24, 2.45) is 5.92 Å². The minimum Gasteiger partial charge on any atom is -0.273 e. The molecule has 0 bridgehead atoms. The highest BCUT2D eigenvalue weighted by Crippen LogP contribution is 2.23. The maximum atomic E-state index is 11.7. The molecule has 0 aliphatic heterocycles. The van der Waals surface area contributed by atoms with E-state index < -0.39 is 5.91 Å². The van der Waals surface area contributed by atoms with Gasteiger partial charge in [0.25, 0.3) is 5.91 Å². The average molecular weight is 262 g/mol. The Bertz CT molecular complexity index is 360. The quantitative estimate of drug-likeness (QED) is 0.845. The fraction of sp³-hybridized carbons (Fsp3) is 0.364. The number of amides is 1. The number of hydroxylamine groups is 1. The zero-order chi connectivity index (χ0) is 12.1. The van der Waals surface area contributed by atoms with E-state index in [2.05, 4.69) is 5.48 Å². The van der Waals surface area contributed by atoms with Gasteiger partial charge in [-0.3, -0.25) is 9.63 Å². The van der Waals surface area contributed by atoms with Crippen molar-refractivity contribution >= 4 is 29.1 Å². The molecule has 1 aromatic rings. The summed E-state index contributed by atoms with van der Waals surface area (Å²) in [5.74, 6) is -0.0988. The fourth-order valence-electron chi connectivity index (χ4n) is 1.04. The largest absolute Gasteiger partial charge is 0.277 e. The third-order valence-corrected chi connectivity index (χ3v) is 2.40. The summed E-state index contributed by atoms with van der Waals surface area (Å²) in [5.41, 5.74) is 2.54.